The zero-order valence-corrected chi connectivity index (χ0v) is 20.6. The van der Waals surface area contributed by atoms with Crippen molar-refractivity contribution in [2.45, 2.75) is 89.9 Å². The second-order valence-electron chi connectivity index (χ2n) is 13.0. The summed E-state index contributed by atoms with van der Waals surface area (Å²) in [6.45, 7) is 10.4. The van der Waals surface area contributed by atoms with E-state index in [0.717, 1.165) is 24.6 Å². The van der Waals surface area contributed by atoms with Gasteiger partial charge in [0.05, 0.1) is 21.5 Å². The Morgan fingerprint density at radius 2 is 1.49 bits per heavy atom. The van der Waals surface area contributed by atoms with Crippen LogP contribution in [0.4, 0.5) is 11.4 Å². The monoisotopic (exact) mass is 486 g/mol. The summed E-state index contributed by atoms with van der Waals surface area (Å²) in [6, 6.07) is 2.76. The van der Waals surface area contributed by atoms with E-state index in [1.807, 2.05) is 13.8 Å². The molecular weight excluding hydrogens is 456 g/mol. The number of ketones is 1. The maximum absolute atomic E-state index is 13.7. The number of hydrogen-bond acceptors (Lipinski definition) is 8. The Balaban J connectivity index is 1.61. The number of ether oxygens (including phenoxy) is 2. The molecule has 0 unspecified atom stereocenters. The number of carbonyl (C=O) groups excluding carboxylic acids is 2. The molecule has 1 aliphatic heterocycles. The first-order valence-electron chi connectivity index (χ1n) is 11.9. The second kappa shape index (κ2) is 6.66. The summed E-state index contributed by atoms with van der Waals surface area (Å²) >= 11 is 0. The maximum Gasteiger partial charge on any atom is 0.339 e. The lowest BCUT2D eigenvalue weighted by Crippen LogP contribution is -2.69. The van der Waals surface area contributed by atoms with E-state index in [0.29, 0.717) is 32.1 Å². The third-order valence-corrected chi connectivity index (χ3v) is 8.33. The van der Waals surface area contributed by atoms with Gasteiger partial charge < -0.3 is 9.47 Å². The number of carbonyl (C=O) groups is 2. The summed E-state index contributed by atoms with van der Waals surface area (Å²) in [5.74, 6) is -0.999. The first-order chi connectivity index (χ1) is 16.0. The van der Waals surface area contributed by atoms with Crippen LogP contribution in [-0.2, 0) is 14.3 Å². The topological polar surface area (TPSA) is 142 Å². The van der Waals surface area contributed by atoms with Crippen molar-refractivity contribution >= 4 is 23.1 Å². The van der Waals surface area contributed by atoms with Crippen LogP contribution in [0.3, 0.4) is 0 Å². The fraction of sp³-hybridized carbons (Fsp3) is 0.680. The molecule has 35 heavy (non-hydrogen) atoms. The molecule has 4 aliphatic rings. The van der Waals surface area contributed by atoms with Gasteiger partial charge in [0.2, 0.25) is 0 Å². The highest BCUT2D eigenvalue weighted by molar-refractivity contribution is 5.97. The average molecular weight is 487 g/mol. The lowest BCUT2D eigenvalue weighted by molar-refractivity contribution is -0.394. The number of esters is 1. The van der Waals surface area contributed by atoms with Gasteiger partial charge in [0.25, 0.3) is 11.4 Å². The number of nitrogens with zero attached hydrogens (tertiary/aromatic N) is 2. The number of hydrogen-bond donors (Lipinski definition) is 0. The van der Waals surface area contributed by atoms with E-state index in [2.05, 4.69) is 20.8 Å². The quantitative estimate of drug-likeness (QED) is 0.253. The minimum Gasteiger partial charge on any atom is -0.452 e. The van der Waals surface area contributed by atoms with Gasteiger partial charge in [-0.05, 0) is 48.3 Å². The molecule has 1 aromatic rings. The highest BCUT2D eigenvalue weighted by Crippen LogP contribution is 2.77. The summed E-state index contributed by atoms with van der Waals surface area (Å²) in [7, 11) is 0. The second-order valence-corrected chi connectivity index (χ2v) is 13.0. The van der Waals surface area contributed by atoms with Crippen LogP contribution >= 0.6 is 0 Å². The molecule has 1 saturated heterocycles. The van der Waals surface area contributed by atoms with Crippen LogP contribution in [0.5, 0.6) is 0 Å². The molecule has 3 aliphatic carbocycles. The number of epoxide rings is 1. The summed E-state index contributed by atoms with van der Waals surface area (Å²) in [5, 5.41) is 22.7. The standard InChI is InChI=1S/C25H30N2O8/c1-20(2)9-18(28)25-23(12-21(3,4)10-22(5,13-23)14-24(25,11-20)35-25)34-19(29)15-6-16(26(30)31)8-17(7-15)27(32)33/h6-8H,9-14H2,1-5H3/t22-,23+,24+,25+/m1/s1. The van der Waals surface area contributed by atoms with Crippen LogP contribution in [0.1, 0.15) is 83.5 Å². The Hall–Kier alpha value is -2.88. The molecule has 0 N–H and O–H groups in total. The molecule has 0 radical (unpaired) electrons. The lowest BCUT2D eigenvalue weighted by Gasteiger charge is -2.59. The van der Waals surface area contributed by atoms with Crippen molar-refractivity contribution < 1.29 is 28.9 Å². The van der Waals surface area contributed by atoms with Gasteiger partial charge in [-0.1, -0.05) is 34.6 Å². The third-order valence-electron chi connectivity index (χ3n) is 8.33. The van der Waals surface area contributed by atoms with Gasteiger partial charge in [0.15, 0.2) is 17.0 Å². The predicted octanol–water partition coefficient (Wildman–Crippen LogP) is 4.92. The Morgan fingerprint density at radius 1 is 0.886 bits per heavy atom. The third kappa shape index (κ3) is 3.32. The highest BCUT2D eigenvalue weighted by Gasteiger charge is 2.90. The molecule has 4 fully saturated rings. The summed E-state index contributed by atoms with van der Waals surface area (Å²) < 4.78 is 12.7. The van der Waals surface area contributed by atoms with Crippen molar-refractivity contribution in [3.05, 3.63) is 44.0 Å². The number of benzene rings is 1. The van der Waals surface area contributed by atoms with Gasteiger partial charge in [-0.25, -0.2) is 4.79 Å². The van der Waals surface area contributed by atoms with E-state index in [1.54, 1.807) is 0 Å². The largest absolute Gasteiger partial charge is 0.452 e. The van der Waals surface area contributed by atoms with Crippen molar-refractivity contribution in [1.29, 1.82) is 0 Å². The molecule has 0 amide bonds. The molecule has 10 nitrogen and oxygen atoms in total. The van der Waals surface area contributed by atoms with Gasteiger partial charge >= 0.3 is 5.97 Å². The molecule has 5 rings (SSSR count). The van der Waals surface area contributed by atoms with Crippen LogP contribution in [0, 0.1) is 36.5 Å². The molecule has 4 atom stereocenters. The van der Waals surface area contributed by atoms with E-state index in [-0.39, 0.29) is 27.6 Å². The zero-order valence-electron chi connectivity index (χ0n) is 20.6. The van der Waals surface area contributed by atoms with E-state index in [9.17, 15) is 29.8 Å². The first-order valence-corrected chi connectivity index (χ1v) is 11.9. The summed E-state index contributed by atoms with van der Waals surface area (Å²) in [4.78, 5) is 48.4. The number of fused-ring (bicyclic) bond motifs is 2. The SMILES string of the molecule is CC1(C)C[C@]2(C)C[C@@](OC(=O)c3cc([N+](=O)[O-])cc([N+](=O)[O-])c3)(C1)[C@]13O[C@@]1(CC(C)(C)CC3=O)C2. The van der Waals surface area contributed by atoms with Crippen LogP contribution in [0.25, 0.3) is 0 Å². The molecular formula is C25H30N2O8. The molecule has 2 bridgehead atoms. The van der Waals surface area contributed by atoms with Crippen molar-refractivity contribution in [3.63, 3.8) is 0 Å². The predicted molar refractivity (Wildman–Crippen MR) is 123 cm³/mol. The van der Waals surface area contributed by atoms with Crippen molar-refractivity contribution in [2.75, 3.05) is 0 Å². The maximum atomic E-state index is 13.7. The van der Waals surface area contributed by atoms with E-state index < -0.39 is 44.0 Å². The Bertz CT molecular complexity index is 1170. The number of rotatable bonds is 4. The van der Waals surface area contributed by atoms with Crippen LogP contribution in [0.2, 0.25) is 0 Å². The van der Waals surface area contributed by atoms with Crippen LogP contribution in [-0.4, -0.2) is 38.4 Å². The average Bonchev–Trinajstić information content (AvgIpc) is 3.34. The summed E-state index contributed by atoms with van der Waals surface area (Å²) in [6.07, 6.45) is 3.36. The molecule has 10 heteroatoms. The van der Waals surface area contributed by atoms with Crippen molar-refractivity contribution in [1.82, 2.24) is 0 Å². The molecule has 1 heterocycles. The number of non-ortho nitro benzene ring substituents is 2. The minimum absolute atomic E-state index is 0.0775. The fourth-order valence-electron chi connectivity index (χ4n) is 8.29. The van der Waals surface area contributed by atoms with Gasteiger partial charge in [-0.3, -0.25) is 25.0 Å². The Kier molecular flexibility index (Phi) is 4.54. The normalized spacial score (nSPS) is 38.0. The Morgan fingerprint density at radius 3 is 2.06 bits per heavy atom. The highest BCUT2D eigenvalue weighted by atomic mass is 16.7. The van der Waals surface area contributed by atoms with Crippen molar-refractivity contribution in [3.8, 4) is 0 Å². The lowest BCUT2D eigenvalue weighted by atomic mass is 9.44. The molecule has 0 aromatic heterocycles. The van der Waals surface area contributed by atoms with Crippen LogP contribution in [0.15, 0.2) is 18.2 Å². The van der Waals surface area contributed by atoms with Crippen LogP contribution < -0.4 is 0 Å². The van der Waals surface area contributed by atoms with Gasteiger partial charge in [-0.15, -0.1) is 0 Å². The molecule has 3 saturated carbocycles. The van der Waals surface area contributed by atoms with E-state index in [4.69, 9.17) is 9.47 Å². The van der Waals surface area contributed by atoms with Gasteiger partial charge in [0, 0.05) is 18.6 Å². The zero-order chi connectivity index (χ0) is 25.8. The van der Waals surface area contributed by atoms with Gasteiger partial charge in [-0.2, -0.15) is 0 Å². The fourth-order valence-corrected chi connectivity index (χ4v) is 8.29. The number of nitro groups is 2. The first kappa shape index (κ1) is 23.8. The molecule has 0 spiro atoms. The molecule has 188 valence electrons. The van der Waals surface area contributed by atoms with E-state index >= 15 is 0 Å². The van der Waals surface area contributed by atoms with E-state index in [1.165, 1.54) is 0 Å². The van der Waals surface area contributed by atoms with Crippen molar-refractivity contribution in [2.24, 2.45) is 16.2 Å². The minimum atomic E-state index is -1.26. The number of nitro benzene ring substituents is 2. The number of Topliss-reactive ketones (excluding diaryl/α,β-unsaturated/α-hetero) is 1. The summed E-state index contributed by atoms with van der Waals surface area (Å²) in [5.41, 5.74) is -5.43. The molecule has 1 aromatic carbocycles. The smallest absolute Gasteiger partial charge is 0.339 e. The Labute approximate surface area is 202 Å². The van der Waals surface area contributed by atoms with Gasteiger partial charge in [0.1, 0.15) is 5.60 Å².